The first-order valence-corrected chi connectivity index (χ1v) is 23.2. The van der Waals surface area contributed by atoms with Crippen LogP contribution in [0.2, 0.25) is 0 Å². The van der Waals surface area contributed by atoms with Gasteiger partial charge in [0.2, 0.25) is 0 Å². The molecule has 0 spiro atoms. The van der Waals surface area contributed by atoms with Crippen molar-refractivity contribution in [3.8, 4) is 22.3 Å². The summed E-state index contributed by atoms with van der Waals surface area (Å²) in [6.07, 6.45) is 0. The van der Waals surface area contributed by atoms with Gasteiger partial charge < -0.3 is 18.6 Å². The van der Waals surface area contributed by atoms with Crippen LogP contribution in [0.4, 0.5) is 34.1 Å². The summed E-state index contributed by atoms with van der Waals surface area (Å²) in [7, 11) is 0. The third kappa shape index (κ3) is 5.81. The van der Waals surface area contributed by atoms with E-state index in [-0.39, 0.29) is 0 Å². The summed E-state index contributed by atoms with van der Waals surface area (Å²) in [5.41, 5.74) is 14.1. The highest BCUT2D eigenvalue weighted by molar-refractivity contribution is 6.29. The Morgan fingerprint density at radius 3 is 1.07 bits per heavy atom. The Balaban J connectivity index is 1.06. The normalized spacial score (nSPS) is 11.8. The molecule has 0 aliphatic heterocycles. The lowest BCUT2D eigenvalue weighted by atomic mass is 9.91. The number of nitrogens with zero attached hydrogens (tertiary/aromatic N) is 2. The molecule has 12 aromatic carbocycles. The molecule has 0 radical (unpaired) electrons. The molecule has 0 saturated heterocycles. The average Bonchev–Trinajstić information content (AvgIpc) is 3.99. The maximum absolute atomic E-state index is 6.84. The van der Waals surface area contributed by atoms with E-state index in [1.54, 1.807) is 0 Å². The van der Waals surface area contributed by atoms with Crippen LogP contribution in [-0.2, 0) is 0 Å². The zero-order chi connectivity index (χ0) is 44.7. The zero-order valence-corrected chi connectivity index (χ0v) is 36.8. The molecule has 4 heteroatoms. The Morgan fingerprint density at radius 1 is 0.235 bits per heavy atom. The van der Waals surface area contributed by atoms with Crippen molar-refractivity contribution >= 4 is 110 Å². The minimum absolute atomic E-state index is 0.844. The quantitative estimate of drug-likeness (QED) is 0.142. The molecule has 318 valence electrons. The molecular formula is C64H40N2O2. The van der Waals surface area contributed by atoms with E-state index < -0.39 is 0 Å². The lowest BCUT2D eigenvalue weighted by Gasteiger charge is -2.31. The summed E-state index contributed by atoms with van der Waals surface area (Å²) in [6.45, 7) is 0. The van der Waals surface area contributed by atoms with Gasteiger partial charge in [0.1, 0.15) is 11.2 Å². The standard InChI is InChI=1S/C64H40N2O2/c1-3-17-41(18-4-1)45-21-7-11-27-53(45)65(57-29-15-25-49-47-23-9-13-31-59(47)67-63(49)57)55-39-35-43-34-38-52-56(40-36-44-33-37-51(55)61(43)62(44)52)66(54-28-12-8-22-46(54)42-19-5-2-6-20-42)58-30-16-26-50-48-24-10-14-32-60(48)68-64(50)58/h1-40H. The Morgan fingerprint density at radius 2 is 0.603 bits per heavy atom. The Kier molecular flexibility index (Phi) is 8.55. The van der Waals surface area contributed by atoms with Gasteiger partial charge >= 0.3 is 0 Å². The molecular weight excluding hydrogens is 829 g/mol. The van der Waals surface area contributed by atoms with Gasteiger partial charge in [0.15, 0.2) is 11.2 Å². The number of anilines is 6. The lowest BCUT2D eigenvalue weighted by molar-refractivity contribution is 0.669. The van der Waals surface area contributed by atoms with Gasteiger partial charge in [-0.1, -0.05) is 194 Å². The van der Waals surface area contributed by atoms with Gasteiger partial charge in [-0.25, -0.2) is 0 Å². The van der Waals surface area contributed by atoms with Crippen molar-refractivity contribution < 1.29 is 8.83 Å². The van der Waals surface area contributed by atoms with Crippen LogP contribution in [-0.4, -0.2) is 0 Å². The van der Waals surface area contributed by atoms with E-state index in [4.69, 9.17) is 8.83 Å². The van der Waals surface area contributed by atoms with E-state index in [2.05, 4.69) is 240 Å². The van der Waals surface area contributed by atoms with Crippen LogP contribution in [0.25, 0.3) is 98.4 Å². The van der Waals surface area contributed by atoms with Gasteiger partial charge in [-0.2, -0.15) is 0 Å². The van der Waals surface area contributed by atoms with Crippen molar-refractivity contribution in [3.05, 3.63) is 243 Å². The highest BCUT2D eigenvalue weighted by Gasteiger charge is 2.27. The number of furan rings is 2. The molecule has 14 aromatic rings. The fourth-order valence-corrected chi connectivity index (χ4v) is 10.8. The summed E-state index contributed by atoms with van der Waals surface area (Å²) in [4.78, 5) is 4.84. The van der Waals surface area contributed by atoms with Crippen LogP contribution in [0, 0.1) is 0 Å². The smallest absolute Gasteiger partial charge is 0.159 e. The highest BCUT2D eigenvalue weighted by atomic mass is 16.3. The first-order valence-electron chi connectivity index (χ1n) is 23.2. The van der Waals surface area contributed by atoms with Crippen LogP contribution < -0.4 is 9.80 Å². The number of para-hydroxylation sites is 6. The van der Waals surface area contributed by atoms with Crippen molar-refractivity contribution in [2.24, 2.45) is 0 Å². The fourth-order valence-electron chi connectivity index (χ4n) is 10.8. The number of rotatable bonds is 8. The number of hydrogen-bond acceptors (Lipinski definition) is 4. The summed E-state index contributed by atoms with van der Waals surface area (Å²) in [5, 5.41) is 11.4. The van der Waals surface area contributed by atoms with Gasteiger partial charge in [0.05, 0.1) is 34.1 Å². The summed E-state index contributed by atoms with van der Waals surface area (Å²) in [5.74, 6) is 0. The average molecular weight is 869 g/mol. The lowest BCUT2D eigenvalue weighted by Crippen LogP contribution is -2.13. The van der Waals surface area contributed by atoms with Crippen molar-refractivity contribution in [3.63, 3.8) is 0 Å². The molecule has 14 rings (SSSR count). The van der Waals surface area contributed by atoms with E-state index in [0.717, 1.165) is 111 Å². The predicted octanol–water partition coefficient (Wildman–Crippen LogP) is 18.7. The summed E-state index contributed by atoms with van der Waals surface area (Å²) < 4.78 is 13.7. The zero-order valence-electron chi connectivity index (χ0n) is 36.8. The first kappa shape index (κ1) is 38.2. The van der Waals surface area contributed by atoms with Crippen LogP contribution in [0.1, 0.15) is 0 Å². The van der Waals surface area contributed by atoms with Crippen LogP contribution in [0.15, 0.2) is 251 Å². The molecule has 0 bridgehead atoms. The minimum Gasteiger partial charge on any atom is -0.454 e. The second-order valence-corrected chi connectivity index (χ2v) is 17.5. The molecule has 0 unspecified atom stereocenters. The maximum Gasteiger partial charge on any atom is 0.159 e. The Bertz CT molecular complexity index is 3950. The van der Waals surface area contributed by atoms with E-state index in [9.17, 15) is 0 Å². The van der Waals surface area contributed by atoms with E-state index >= 15 is 0 Å². The summed E-state index contributed by atoms with van der Waals surface area (Å²) in [6, 6.07) is 86.9. The van der Waals surface area contributed by atoms with Gasteiger partial charge in [0, 0.05) is 43.4 Å². The SMILES string of the molecule is c1ccc(-c2ccccc2N(c2ccc3ccc4c(N(c5ccccc5-c5ccccc5)c5cccc6c5oc5ccccc56)ccc5ccc2c3c54)c2cccc3c2oc2ccccc23)cc1. The maximum atomic E-state index is 6.84. The third-order valence-electron chi connectivity index (χ3n) is 13.8. The van der Waals surface area contributed by atoms with E-state index in [0.29, 0.717) is 0 Å². The van der Waals surface area contributed by atoms with Gasteiger partial charge in [0.25, 0.3) is 0 Å². The third-order valence-corrected chi connectivity index (χ3v) is 13.8. The van der Waals surface area contributed by atoms with Crippen LogP contribution in [0.5, 0.6) is 0 Å². The van der Waals surface area contributed by atoms with Crippen molar-refractivity contribution in [2.75, 3.05) is 9.80 Å². The fraction of sp³-hybridized carbons (Fsp3) is 0. The number of hydrogen-bond donors (Lipinski definition) is 0. The molecule has 2 heterocycles. The monoisotopic (exact) mass is 868 g/mol. The largest absolute Gasteiger partial charge is 0.454 e. The topological polar surface area (TPSA) is 32.8 Å². The highest BCUT2D eigenvalue weighted by Crippen LogP contribution is 2.52. The van der Waals surface area contributed by atoms with Crippen molar-refractivity contribution in [1.29, 1.82) is 0 Å². The molecule has 0 saturated carbocycles. The Hall–Kier alpha value is -9.12. The summed E-state index contributed by atoms with van der Waals surface area (Å²) >= 11 is 0. The molecule has 0 aliphatic rings. The van der Waals surface area contributed by atoms with Gasteiger partial charge in [-0.05, 0) is 81.2 Å². The van der Waals surface area contributed by atoms with Gasteiger partial charge in [-0.15, -0.1) is 0 Å². The first-order chi connectivity index (χ1) is 33.8. The minimum atomic E-state index is 0.844. The van der Waals surface area contributed by atoms with Gasteiger partial charge in [-0.3, -0.25) is 0 Å². The second-order valence-electron chi connectivity index (χ2n) is 17.5. The molecule has 0 aliphatic carbocycles. The molecule has 4 nitrogen and oxygen atoms in total. The van der Waals surface area contributed by atoms with Crippen molar-refractivity contribution in [2.45, 2.75) is 0 Å². The number of benzene rings is 12. The van der Waals surface area contributed by atoms with Crippen LogP contribution >= 0.6 is 0 Å². The van der Waals surface area contributed by atoms with E-state index in [1.165, 1.54) is 21.5 Å². The second kappa shape index (κ2) is 15.2. The van der Waals surface area contributed by atoms with Crippen LogP contribution in [0.3, 0.4) is 0 Å². The molecule has 68 heavy (non-hydrogen) atoms. The molecule has 0 amide bonds. The molecule has 2 aromatic heterocycles. The van der Waals surface area contributed by atoms with E-state index in [1.807, 2.05) is 12.1 Å². The molecule has 0 fully saturated rings. The number of fused-ring (bicyclic) bond motifs is 6. The molecule has 0 N–H and O–H groups in total. The van der Waals surface area contributed by atoms with Crippen molar-refractivity contribution in [1.82, 2.24) is 0 Å². The predicted molar refractivity (Wildman–Crippen MR) is 285 cm³/mol. The molecule has 0 atom stereocenters. The Labute approximate surface area is 392 Å².